The van der Waals surface area contributed by atoms with Crippen molar-refractivity contribution in [1.82, 2.24) is 9.78 Å². The molecule has 0 atom stereocenters. The lowest BCUT2D eigenvalue weighted by atomic mass is 9.95. The van der Waals surface area contributed by atoms with Gasteiger partial charge in [0.05, 0.1) is 11.4 Å². The molecule has 0 saturated heterocycles. The van der Waals surface area contributed by atoms with Gasteiger partial charge in [0.2, 0.25) is 0 Å². The molecule has 0 amide bonds. The zero-order valence-corrected chi connectivity index (χ0v) is 17.9. The predicted octanol–water partition coefficient (Wildman–Crippen LogP) is 5.77. The summed E-state index contributed by atoms with van der Waals surface area (Å²) >= 11 is 0. The fraction of sp³-hybridized carbons (Fsp3) is 0.227. The molecule has 1 aromatic heterocycles. The Kier molecular flexibility index (Phi) is 6.03. The molecule has 0 N–H and O–H groups in total. The molecule has 0 aliphatic rings. The van der Waals surface area contributed by atoms with Crippen LogP contribution in [0, 0.1) is 6.92 Å². The van der Waals surface area contributed by atoms with Crippen molar-refractivity contribution in [3.63, 3.8) is 0 Å². The first kappa shape index (κ1) is 23.6. The van der Waals surface area contributed by atoms with Gasteiger partial charge in [-0.05, 0) is 24.6 Å². The summed E-state index contributed by atoms with van der Waals surface area (Å²) in [6.45, 7) is 4.79. The number of hydrogen-bond acceptors (Lipinski definition) is 3. The van der Waals surface area contributed by atoms with Crippen molar-refractivity contribution in [2.75, 3.05) is 6.26 Å². The van der Waals surface area contributed by atoms with Gasteiger partial charge in [0.25, 0.3) is 0 Å². The Balaban J connectivity index is 2.38. The monoisotopic (exact) mass is 470 g/mol. The molecular weight excluding hydrogens is 451 g/mol. The molecule has 4 nitrogen and oxygen atoms in total. The summed E-state index contributed by atoms with van der Waals surface area (Å²) in [5.41, 5.74) is -0.732. The van der Waals surface area contributed by atoms with E-state index in [1.54, 1.807) is 19.1 Å². The van der Waals surface area contributed by atoms with Crippen LogP contribution in [0.3, 0.4) is 0 Å². The van der Waals surface area contributed by atoms with Gasteiger partial charge in [0.15, 0.2) is 9.84 Å². The molecule has 10 heteroatoms. The summed E-state index contributed by atoms with van der Waals surface area (Å²) in [5, 5.41) is 4.06. The van der Waals surface area contributed by atoms with Gasteiger partial charge in [0.1, 0.15) is 11.4 Å². The topological polar surface area (TPSA) is 52.0 Å². The van der Waals surface area contributed by atoms with E-state index in [2.05, 4.69) is 11.7 Å². The highest BCUT2D eigenvalue weighted by Crippen LogP contribution is 2.49. The molecule has 32 heavy (non-hydrogen) atoms. The van der Waals surface area contributed by atoms with E-state index in [1.165, 1.54) is 42.5 Å². The molecular formula is C22H19F5N2O2S. The lowest BCUT2D eigenvalue weighted by Crippen LogP contribution is -2.36. The maximum absolute atomic E-state index is 14.7. The van der Waals surface area contributed by atoms with Crippen molar-refractivity contribution in [3.8, 4) is 22.4 Å². The van der Waals surface area contributed by atoms with E-state index in [1.807, 2.05) is 0 Å². The zero-order valence-electron chi connectivity index (χ0n) is 17.1. The quantitative estimate of drug-likeness (QED) is 0.340. The second-order valence-corrected chi connectivity index (χ2v) is 9.29. The summed E-state index contributed by atoms with van der Waals surface area (Å²) in [6.07, 6.45) is -3.69. The van der Waals surface area contributed by atoms with Gasteiger partial charge < -0.3 is 0 Å². The molecule has 1 heterocycles. The summed E-state index contributed by atoms with van der Waals surface area (Å²) in [7, 11) is -3.53. The average molecular weight is 470 g/mol. The molecule has 0 saturated carbocycles. The van der Waals surface area contributed by atoms with Gasteiger partial charge in [-0.15, -0.1) is 6.58 Å². The molecule has 0 spiro atoms. The molecule has 0 bridgehead atoms. The van der Waals surface area contributed by atoms with Crippen LogP contribution in [0.15, 0.2) is 66.1 Å². The lowest BCUT2D eigenvalue weighted by Gasteiger charge is -2.22. The largest absolute Gasteiger partial charge is 0.459 e. The molecule has 3 aromatic rings. The summed E-state index contributed by atoms with van der Waals surface area (Å²) in [4.78, 5) is -0.0236. The fourth-order valence-corrected chi connectivity index (χ4v) is 3.86. The van der Waals surface area contributed by atoms with Gasteiger partial charge in [-0.2, -0.15) is 27.1 Å². The Hall–Kier alpha value is -3.01. The van der Waals surface area contributed by atoms with Crippen LogP contribution in [0.25, 0.3) is 22.4 Å². The van der Waals surface area contributed by atoms with Gasteiger partial charge in [-0.25, -0.2) is 8.42 Å². The van der Waals surface area contributed by atoms with Crippen LogP contribution in [0.4, 0.5) is 22.0 Å². The molecule has 0 fully saturated rings. The number of benzene rings is 2. The summed E-state index contributed by atoms with van der Waals surface area (Å²) < 4.78 is 93.7. The molecule has 2 aromatic carbocycles. The normalized spacial score (nSPS) is 12.7. The number of aryl methyl sites for hydroxylation is 1. The van der Waals surface area contributed by atoms with Gasteiger partial charge >= 0.3 is 12.1 Å². The fourth-order valence-electron chi connectivity index (χ4n) is 3.23. The van der Waals surface area contributed by atoms with E-state index in [0.29, 0.717) is 4.68 Å². The first-order chi connectivity index (χ1) is 14.8. The molecule has 0 aliphatic carbocycles. The minimum absolute atomic E-state index is 0.0236. The molecule has 170 valence electrons. The van der Waals surface area contributed by atoms with Gasteiger partial charge in [0, 0.05) is 17.4 Å². The average Bonchev–Trinajstić information content (AvgIpc) is 3.07. The Bertz CT molecular complexity index is 1240. The Labute approximate surface area is 181 Å². The van der Waals surface area contributed by atoms with Crippen LogP contribution in [-0.4, -0.2) is 30.6 Å². The van der Waals surface area contributed by atoms with Crippen molar-refractivity contribution < 1.29 is 30.4 Å². The number of halogens is 5. The Morgan fingerprint density at radius 2 is 1.50 bits per heavy atom. The molecule has 0 unspecified atom stereocenters. The maximum Gasteiger partial charge on any atom is 0.459 e. The molecule has 0 aliphatic heterocycles. The van der Waals surface area contributed by atoms with E-state index in [-0.39, 0.29) is 33.8 Å². The van der Waals surface area contributed by atoms with E-state index in [9.17, 15) is 30.4 Å². The van der Waals surface area contributed by atoms with Crippen molar-refractivity contribution in [1.29, 1.82) is 0 Å². The number of hydrogen-bond donors (Lipinski definition) is 0. The minimum atomic E-state index is -5.86. The second-order valence-electron chi connectivity index (χ2n) is 7.28. The van der Waals surface area contributed by atoms with Crippen LogP contribution < -0.4 is 0 Å². The first-order valence-corrected chi connectivity index (χ1v) is 11.2. The minimum Gasteiger partial charge on any atom is -0.258 e. The van der Waals surface area contributed by atoms with Crippen LogP contribution >= 0.6 is 0 Å². The van der Waals surface area contributed by atoms with Crippen molar-refractivity contribution in [2.24, 2.45) is 0 Å². The lowest BCUT2D eigenvalue weighted by molar-refractivity contribution is -0.291. The second kappa shape index (κ2) is 8.16. The number of sulfone groups is 1. The van der Waals surface area contributed by atoms with Crippen LogP contribution in [0.2, 0.25) is 0 Å². The summed E-state index contributed by atoms with van der Waals surface area (Å²) in [5.74, 6) is -5.20. The van der Waals surface area contributed by atoms with E-state index in [4.69, 9.17) is 0 Å². The third kappa shape index (κ3) is 4.32. The standard InChI is InChI=1S/C22H19F5N2O2S/c1-4-13-29-20(21(23,24)22(25,26)27)18(15-7-5-14(2)6-8-15)19(28-29)16-9-11-17(12-10-16)32(3,30)31/h4-12H,1,13H2,2-3H3. The number of allylic oxidation sites excluding steroid dienone is 1. The van der Waals surface area contributed by atoms with Crippen molar-refractivity contribution in [2.45, 2.75) is 30.5 Å². The third-order valence-corrected chi connectivity index (χ3v) is 5.93. The maximum atomic E-state index is 14.7. The van der Waals surface area contributed by atoms with Gasteiger partial charge in [-0.3, -0.25) is 4.68 Å². The van der Waals surface area contributed by atoms with Gasteiger partial charge in [-0.1, -0.05) is 48.0 Å². The number of rotatable bonds is 6. The Morgan fingerprint density at radius 1 is 0.969 bits per heavy atom. The number of nitrogens with zero attached hydrogens (tertiary/aromatic N) is 2. The van der Waals surface area contributed by atoms with Crippen molar-refractivity contribution in [3.05, 3.63) is 72.4 Å². The van der Waals surface area contributed by atoms with Crippen LogP contribution in [0.5, 0.6) is 0 Å². The molecule has 0 radical (unpaired) electrons. The van der Waals surface area contributed by atoms with E-state index >= 15 is 0 Å². The predicted molar refractivity (Wildman–Crippen MR) is 111 cm³/mol. The number of aromatic nitrogens is 2. The Morgan fingerprint density at radius 3 is 1.97 bits per heavy atom. The zero-order chi connectivity index (χ0) is 23.9. The van der Waals surface area contributed by atoms with E-state index in [0.717, 1.165) is 11.8 Å². The highest BCUT2D eigenvalue weighted by atomic mass is 32.2. The van der Waals surface area contributed by atoms with Crippen LogP contribution in [0.1, 0.15) is 11.3 Å². The summed E-state index contributed by atoms with van der Waals surface area (Å²) in [6, 6.07) is 11.2. The van der Waals surface area contributed by atoms with Crippen molar-refractivity contribution >= 4 is 9.84 Å². The first-order valence-electron chi connectivity index (χ1n) is 9.31. The van der Waals surface area contributed by atoms with E-state index < -0.39 is 27.6 Å². The molecule has 3 rings (SSSR count). The SMILES string of the molecule is C=CCn1nc(-c2ccc(S(C)(=O)=O)cc2)c(-c2ccc(C)cc2)c1C(F)(F)C(F)(F)F. The highest BCUT2D eigenvalue weighted by molar-refractivity contribution is 7.90. The number of alkyl halides is 5. The smallest absolute Gasteiger partial charge is 0.258 e. The highest BCUT2D eigenvalue weighted by Gasteiger charge is 2.62. The third-order valence-electron chi connectivity index (χ3n) is 4.80. The van der Waals surface area contributed by atoms with Crippen LogP contribution in [-0.2, 0) is 22.3 Å².